The van der Waals surface area contributed by atoms with Gasteiger partial charge in [0.2, 0.25) is 10.8 Å². The normalized spacial score (nSPS) is 14.6. The Morgan fingerprint density at radius 3 is 0.877 bits per heavy atom. The number of benzene rings is 6. The lowest BCUT2D eigenvalue weighted by Crippen LogP contribution is -2.50. The molecular weight excluding hydrogens is 1080 g/mol. The zero-order valence-electron chi connectivity index (χ0n) is 42.4. The van der Waals surface area contributed by atoms with E-state index in [2.05, 4.69) is 0 Å². The van der Waals surface area contributed by atoms with Crippen molar-refractivity contribution in [3.63, 3.8) is 0 Å². The summed E-state index contributed by atoms with van der Waals surface area (Å²) in [6, 6.07) is 51.4. The molecule has 394 valence electrons. The fourth-order valence-electron chi connectivity index (χ4n) is 11.0. The smallest absolute Gasteiger partial charge is 0.333 e. The Hall–Kier alpha value is -9.54. The maximum atomic E-state index is 16.1. The lowest BCUT2D eigenvalue weighted by molar-refractivity contribution is -0.167. The number of esters is 4. The number of carbonyl (C=O) groups excluding carboxylic acids is 8. The minimum Gasteiger partial charge on any atom is -0.459 e. The first-order chi connectivity index (χ1) is 39.5. The summed E-state index contributed by atoms with van der Waals surface area (Å²) in [4.78, 5) is 122. The van der Waals surface area contributed by atoms with Gasteiger partial charge in [-0.1, -0.05) is 170 Å². The quantitative estimate of drug-likeness (QED) is 0.0332. The van der Waals surface area contributed by atoms with Crippen LogP contribution in [0.25, 0.3) is 31.7 Å². The second kappa shape index (κ2) is 20.3. The van der Waals surface area contributed by atoms with Crippen molar-refractivity contribution in [2.45, 2.75) is 37.3 Å². The van der Waals surface area contributed by atoms with Crippen molar-refractivity contribution in [2.75, 3.05) is 0 Å². The number of rotatable bonds is 14. The van der Waals surface area contributed by atoms with Crippen molar-refractivity contribution in [3.8, 4) is 19.5 Å². The standard InChI is InChI=1S/C66H40O12S3/c67-53-43-25-13-14-26-44(43)54(68)47(53)29-41-31-49-57(79-41)59-51(65(49,61(71)75-33-37-17-5-1-6-18-37)62(72)76-34-38-19-7-2-8-20-38)52-60(81-59)58-50(32-42(80-58)30-48-55(69)45-27-15-16-28-46(45)56(48)70)66(52,63(73)77-35-39-21-9-3-10-22-39)64(74)78-36-40-23-11-4-12-24-40/h1-32H,33-36H2. The van der Waals surface area contributed by atoms with Gasteiger partial charge in [-0.05, 0) is 46.5 Å². The molecular formula is C66H40O12S3. The van der Waals surface area contributed by atoms with Gasteiger partial charge in [0.15, 0.2) is 23.1 Å². The van der Waals surface area contributed by atoms with E-state index in [0.29, 0.717) is 41.8 Å². The predicted molar refractivity (Wildman–Crippen MR) is 304 cm³/mol. The predicted octanol–water partition coefficient (Wildman–Crippen LogP) is 12.3. The van der Waals surface area contributed by atoms with Crippen molar-refractivity contribution in [1.82, 2.24) is 0 Å². The van der Waals surface area contributed by atoms with Crippen LogP contribution in [0.1, 0.15) is 95.7 Å². The van der Waals surface area contributed by atoms with E-state index >= 15 is 19.2 Å². The minimum absolute atomic E-state index is 0.0673. The lowest BCUT2D eigenvalue weighted by atomic mass is 9.70. The molecule has 12 nitrogen and oxygen atoms in total. The van der Waals surface area contributed by atoms with E-state index in [1.165, 1.54) is 12.2 Å². The van der Waals surface area contributed by atoms with Crippen molar-refractivity contribution in [3.05, 3.63) is 270 Å². The summed E-state index contributed by atoms with van der Waals surface area (Å²) >= 11 is 3.29. The summed E-state index contributed by atoms with van der Waals surface area (Å²) in [5, 5.41) is 0. The van der Waals surface area contributed by atoms with Crippen LogP contribution in [0, 0.1) is 0 Å². The number of fused-ring (bicyclic) bond motifs is 9. The highest BCUT2D eigenvalue weighted by atomic mass is 32.1. The maximum Gasteiger partial charge on any atom is 0.333 e. The first-order valence-electron chi connectivity index (χ1n) is 25.6. The van der Waals surface area contributed by atoms with Crippen LogP contribution in [-0.2, 0) is 75.4 Å². The molecule has 4 aliphatic rings. The largest absolute Gasteiger partial charge is 0.459 e. The Bertz CT molecular complexity index is 3770. The molecule has 3 heterocycles. The van der Waals surface area contributed by atoms with Gasteiger partial charge in [0.1, 0.15) is 26.4 Å². The number of carbonyl (C=O) groups is 8. The summed E-state index contributed by atoms with van der Waals surface area (Å²) in [6.07, 6.45) is 2.88. The van der Waals surface area contributed by atoms with E-state index in [-0.39, 0.29) is 91.8 Å². The molecule has 9 aromatic rings. The second-order valence-corrected chi connectivity index (χ2v) is 22.8. The first kappa shape index (κ1) is 50.9. The fourth-order valence-corrected chi connectivity index (χ4v) is 15.1. The molecule has 6 aromatic carbocycles. The van der Waals surface area contributed by atoms with Gasteiger partial charge < -0.3 is 18.9 Å². The minimum atomic E-state index is -2.61. The molecule has 15 heteroatoms. The van der Waals surface area contributed by atoms with Crippen molar-refractivity contribution >= 4 is 93.2 Å². The van der Waals surface area contributed by atoms with E-state index in [1.54, 1.807) is 182 Å². The molecule has 0 amide bonds. The zero-order valence-corrected chi connectivity index (χ0v) is 44.9. The van der Waals surface area contributed by atoms with Crippen LogP contribution in [0.4, 0.5) is 0 Å². The van der Waals surface area contributed by atoms with Crippen molar-refractivity contribution < 1.29 is 57.3 Å². The van der Waals surface area contributed by atoms with Crippen molar-refractivity contribution in [1.29, 1.82) is 0 Å². The van der Waals surface area contributed by atoms with Crippen LogP contribution in [0.3, 0.4) is 0 Å². The van der Waals surface area contributed by atoms with Crippen LogP contribution < -0.4 is 0 Å². The van der Waals surface area contributed by atoms with Gasteiger partial charge in [-0.2, -0.15) is 0 Å². The molecule has 4 aliphatic carbocycles. The van der Waals surface area contributed by atoms with Crippen LogP contribution in [-0.4, -0.2) is 47.0 Å². The monoisotopic (exact) mass is 1120 g/mol. The summed E-state index contributed by atoms with van der Waals surface area (Å²) in [5.74, 6) is -6.41. The van der Waals surface area contributed by atoms with Gasteiger partial charge in [-0.25, -0.2) is 0 Å². The third-order valence-electron chi connectivity index (χ3n) is 14.8. The van der Waals surface area contributed by atoms with Gasteiger partial charge in [0.05, 0.1) is 30.7 Å². The van der Waals surface area contributed by atoms with Gasteiger partial charge in [0, 0.05) is 54.3 Å². The summed E-state index contributed by atoms with van der Waals surface area (Å²) < 4.78 is 25.2. The first-order valence-corrected chi connectivity index (χ1v) is 28.0. The van der Waals surface area contributed by atoms with E-state index in [0.717, 1.165) is 34.0 Å². The van der Waals surface area contributed by atoms with Gasteiger partial charge >= 0.3 is 23.9 Å². The SMILES string of the molecule is O=C1C(=Cc2cc3c(s2)-c2sc4c(c2C3(C(=O)OCc2ccccc2)C(=O)OCc2ccccc2)C(C(=O)OCc2ccccc2)(C(=O)OCc2ccccc2)c2cc(C=C3C(=O)c5ccccc5C3=O)sc2-4)C(=O)c2ccccc21. The van der Waals surface area contributed by atoms with Crippen LogP contribution in [0.15, 0.2) is 193 Å². The maximum absolute atomic E-state index is 16.1. The highest BCUT2D eigenvalue weighted by Crippen LogP contribution is 2.67. The van der Waals surface area contributed by atoms with E-state index in [4.69, 9.17) is 18.9 Å². The zero-order chi connectivity index (χ0) is 55.6. The van der Waals surface area contributed by atoms with Gasteiger partial charge in [-0.15, -0.1) is 34.0 Å². The van der Waals surface area contributed by atoms with E-state index in [9.17, 15) is 19.2 Å². The highest BCUT2D eigenvalue weighted by molar-refractivity contribution is 7.28. The molecule has 0 saturated carbocycles. The number of ether oxygens (including phenoxy) is 4. The third kappa shape index (κ3) is 8.22. The Labute approximate surface area is 474 Å². The molecule has 0 spiro atoms. The molecule has 0 saturated heterocycles. The molecule has 0 fully saturated rings. The second-order valence-electron chi connectivity index (χ2n) is 19.6. The molecule has 0 aliphatic heterocycles. The molecule has 0 unspecified atom stereocenters. The van der Waals surface area contributed by atoms with Crippen LogP contribution >= 0.6 is 34.0 Å². The van der Waals surface area contributed by atoms with Crippen LogP contribution in [0.2, 0.25) is 0 Å². The van der Waals surface area contributed by atoms with Crippen LogP contribution in [0.5, 0.6) is 0 Å². The molecule has 13 rings (SSSR count). The third-order valence-corrected chi connectivity index (χ3v) is 18.5. The summed E-state index contributed by atoms with van der Waals surface area (Å²) in [7, 11) is 0. The van der Waals surface area contributed by atoms with Crippen molar-refractivity contribution in [2.24, 2.45) is 0 Å². The summed E-state index contributed by atoms with van der Waals surface area (Å²) in [5.41, 5.74) is -2.23. The van der Waals surface area contributed by atoms with E-state index < -0.39 is 57.8 Å². The average molecular weight is 1120 g/mol. The molecule has 0 radical (unpaired) electrons. The van der Waals surface area contributed by atoms with Gasteiger partial charge in [0.25, 0.3) is 0 Å². The molecule has 81 heavy (non-hydrogen) atoms. The number of hydrogen-bond acceptors (Lipinski definition) is 15. The molecule has 0 atom stereocenters. The Morgan fingerprint density at radius 2 is 0.605 bits per heavy atom. The Balaban J connectivity index is 1.07. The average Bonchev–Trinajstić information content (AvgIpc) is 3.08. The highest BCUT2D eigenvalue weighted by Gasteiger charge is 2.69. The van der Waals surface area contributed by atoms with E-state index in [1.807, 2.05) is 0 Å². The number of thiophene rings is 3. The topological polar surface area (TPSA) is 173 Å². The molecule has 0 bridgehead atoms. The lowest BCUT2D eigenvalue weighted by Gasteiger charge is -2.32. The fraction of sp³-hybridized carbons (Fsp3) is 0.0909. The molecule has 3 aromatic heterocycles. The molecule has 0 N–H and O–H groups in total. The number of hydrogen-bond donors (Lipinski definition) is 0. The van der Waals surface area contributed by atoms with Gasteiger partial charge in [-0.3, -0.25) is 38.4 Å². The summed E-state index contributed by atoms with van der Waals surface area (Å²) in [6.45, 7) is -1.27. The number of allylic oxidation sites excluding steroid dienone is 2. The number of ketones is 4. The Kier molecular flexibility index (Phi) is 12.8. The Morgan fingerprint density at radius 1 is 0.346 bits per heavy atom. The number of Topliss-reactive ketones (excluding diaryl/α,β-unsaturated/α-hetero) is 4.